The van der Waals surface area contributed by atoms with E-state index in [0.29, 0.717) is 52.5 Å². The van der Waals surface area contributed by atoms with Gasteiger partial charge in [0.1, 0.15) is 0 Å². The zero-order valence-electron chi connectivity index (χ0n) is 48.4. The Morgan fingerprint density at radius 2 is 0.711 bits per heavy atom. The fourth-order valence-electron chi connectivity index (χ4n) is 9.83. The third-order valence-corrected chi connectivity index (χ3v) is 24.8. The van der Waals surface area contributed by atoms with Crippen LogP contribution in [-0.2, 0) is 46.1 Å². The first-order valence-electron chi connectivity index (χ1n) is 26.5. The Hall–Kier alpha value is -7.19. The molecule has 83 heavy (non-hydrogen) atoms. The zero-order valence-corrected chi connectivity index (χ0v) is 51.7. The average Bonchev–Trinajstić information content (AvgIpc) is 4.15. The standard InChI is InChI=1S/C29H31N5O4S2.C27H32N4O4S2.C4H12N2/c1-32(2)26-13-5-11-24-22(26)9-7-15-28(24)39(35,36)34(18-17-21-19-30-20-31-21)40(37,38)29-16-8-10-23-25(29)12-6-14-27(23)33(3)4;1-30(2)23-13-5-11-21-19(23)9-7-15-25(21)36(32,33)27(17-28,18-29)37(34,35)26-16-8-10-20-22(26)12-6-14-24(20)31(3)4;1-3(5)4(2)6/h5-16,19-20H,17-18H2,1-4H3,(H,30,31);5-16H,17-18,28-29H2,1-4H3;3-4H,5-6H2,1-2H3. The summed E-state index contributed by atoms with van der Waals surface area (Å²) in [5.41, 5.74) is 26.6. The van der Waals surface area contributed by atoms with Crippen LogP contribution in [0.5, 0.6) is 0 Å². The van der Waals surface area contributed by atoms with Gasteiger partial charge in [0, 0.05) is 172 Å². The fourth-order valence-corrected chi connectivity index (χ4v) is 18.7. The number of sulfonamides is 2. The highest BCUT2D eigenvalue weighted by atomic mass is 32.3. The van der Waals surface area contributed by atoms with Crippen LogP contribution in [0.25, 0.3) is 43.1 Å². The molecule has 23 heteroatoms. The summed E-state index contributed by atoms with van der Waals surface area (Å²) in [5, 5.41) is 4.47. The maximum absolute atomic E-state index is 14.4. The highest BCUT2D eigenvalue weighted by Gasteiger charge is 2.55. The molecule has 0 aliphatic rings. The van der Waals surface area contributed by atoms with E-state index in [0.717, 1.165) is 22.7 Å². The predicted octanol–water partition coefficient (Wildman–Crippen LogP) is 7.14. The van der Waals surface area contributed by atoms with E-state index in [1.807, 2.05) is 126 Å². The van der Waals surface area contributed by atoms with E-state index in [1.165, 1.54) is 30.6 Å². The molecule has 9 rings (SSSR count). The van der Waals surface area contributed by atoms with Crippen molar-refractivity contribution in [3.05, 3.63) is 164 Å². The number of nitrogens with two attached hydrogens (primary N) is 4. The molecule has 0 amide bonds. The van der Waals surface area contributed by atoms with Gasteiger partial charge in [0.2, 0.25) is 23.8 Å². The van der Waals surface area contributed by atoms with Gasteiger partial charge in [-0.2, -0.15) is 0 Å². The quantitative estimate of drug-likeness (QED) is 0.0571. The molecular weight excluding hydrogens is 1130 g/mol. The molecule has 0 bridgehead atoms. The molecule has 0 saturated heterocycles. The lowest BCUT2D eigenvalue weighted by atomic mass is 10.1. The summed E-state index contributed by atoms with van der Waals surface area (Å²) in [7, 11) is -3.37. The first-order chi connectivity index (χ1) is 39.1. The molecule has 9 aromatic rings. The number of nitrogens with one attached hydrogen (secondary N) is 1. The van der Waals surface area contributed by atoms with Gasteiger partial charge in [-0.3, -0.25) is 0 Å². The summed E-state index contributed by atoms with van der Waals surface area (Å²) in [6.07, 6.45) is 3.16. The van der Waals surface area contributed by atoms with E-state index < -0.39 is 56.9 Å². The lowest BCUT2D eigenvalue weighted by molar-refractivity contribution is 0.497. The maximum atomic E-state index is 14.4. The number of hydrogen-bond donors (Lipinski definition) is 5. The molecule has 1 aromatic heterocycles. The van der Waals surface area contributed by atoms with Crippen molar-refractivity contribution in [2.75, 3.05) is 95.6 Å². The predicted molar refractivity (Wildman–Crippen MR) is 339 cm³/mol. The molecule has 0 aliphatic heterocycles. The Morgan fingerprint density at radius 3 is 0.976 bits per heavy atom. The highest BCUT2D eigenvalue weighted by molar-refractivity contribution is 8.10. The normalized spacial score (nSPS) is 13.0. The molecule has 2 atom stereocenters. The van der Waals surface area contributed by atoms with Gasteiger partial charge in [-0.25, -0.2) is 38.7 Å². The van der Waals surface area contributed by atoms with Crippen molar-refractivity contribution in [2.45, 2.75) is 56.0 Å². The number of aromatic nitrogens is 2. The fraction of sp³-hybridized carbons (Fsp3) is 0.283. The van der Waals surface area contributed by atoms with Gasteiger partial charge in [-0.15, -0.1) is 0 Å². The Bertz CT molecular complexity index is 4000. The van der Waals surface area contributed by atoms with Gasteiger partial charge in [0.05, 0.1) is 25.9 Å². The number of imidazole rings is 1. The minimum absolute atomic E-state index is 0.0731. The van der Waals surface area contributed by atoms with E-state index in [9.17, 15) is 33.7 Å². The molecule has 0 radical (unpaired) electrons. The van der Waals surface area contributed by atoms with Gasteiger partial charge in [-0.1, -0.05) is 101 Å². The van der Waals surface area contributed by atoms with E-state index in [2.05, 4.69) is 9.97 Å². The van der Waals surface area contributed by atoms with Crippen LogP contribution in [-0.4, -0.2) is 140 Å². The molecule has 2 unspecified atom stereocenters. The lowest BCUT2D eigenvalue weighted by Crippen LogP contribution is -2.57. The van der Waals surface area contributed by atoms with Crippen LogP contribution >= 0.6 is 0 Å². The minimum Gasteiger partial charge on any atom is -0.377 e. The van der Waals surface area contributed by atoms with E-state index in [4.69, 9.17) is 22.9 Å². The SMILES string of the molecule is CC(N)C(C)N.CN(C)c1cccc2c(S(=O)(=O)C(CN)(CN)S(=O)(=O)c3cccc4c(N(C)C)cccc34)cccc12.CN(C)c1cccc2c(S(=O)(=O)N(CCc3cnc[nH]3)S(=O)(=O)c3cccc4c(N(C)C)cccc34)cccc12. The Morgan fingerprint density at radius 1 is 0.434 bits per heavy atom. The van der Waals surface area contributed by atoms with Crippen LogP contribution in [0.2, 0.25) is 0 Å². The van der Waals surface area contributed by atoms with Crippen molar-refractivity contribution >= 4 is 106 Å². The zero-order chi connectivity index (χ0) is 61.0. The van der Waals surface area contributed by atoms with Crippen molar-refractivity contribution in [3.8, 4) is 0 Å². The summed E-state index contributed by atoms with van der Waals surface area (Å²) in [5.74, 6) is 0. The lowest BCUT2D eigenvalue weighted by Gasteiger charge is -2.31. The van der Waals surface area contributed by atoms with Crippen molar-refractivity contribution in [1.29, 1.82) is 0 Å². The smallest absolute Gasteiger partial charge is 0.257 e. The van der Waals surface area contributed by atoms with E-state index >= 15 is 0 Å². The summed E-state index contributed by atoms with van der Waals surface area (Å²) < 4.78 is 113. The van der Waals surface area contributed by atoms with Crippen molar-refractivity contribution in [3.63, 3.8) is 0 Å². The number of fused-ring (bicyclic) bond motifs is 4. The Kier molecular flexibility index (Phi) is 19.4. The molecule has 0 aliphatic carbocycles. The second-order valence-electron chi connectivity index (χ2n) is 21.0. The van der Waals surface area contributed by atoms with Gasteiger partial charge in [0.15, 0.2) is 0 Å². The van der Waals surface area contributed by atoms with Crippen LogP contribution in [0, 0.1) is 0 Å². The molecule has 442 valence electrons. The van der Waals surface area contributed by atoms with Crippen molar-refractivity contribution < 1.29 is 33.7 Å². The first kappa shape index (κ1) is 63.4. The Labute approximate surface area is 488 Å². The third-order valence-electron chi connectivity index (χ3n) is 14.6. The molecule has 0 spiro atoms. The van der Waals surface area contributed by atoms with Crippen LogP contribution in [0.3, 0.4) is 0 Å². The number of sulfone groups is 2. The topological polar surface area (TPSA) is 286 Å². The summed E-state index contributed by atoms with van der Waals surface area (Å²) in [6, 6.07) is 41.1. The number of H-pyrrole nitrogens is 1. The molecule has 8 aromatic carbocycles. The van der Waals surface area contributed by atoms with Gasteiger partial charge in [0.25, 0.3) is 20.0 Å². The van der Waals surface area contributed by atoms with Crippen LogP contribution in [0.4, 0.5) is 22.7 Å². The highest BCUT2D eigenvalue weighted by Crippen LogP contribution is 2.42. The van der Waals surface area contributed by atoms with Gasteiger partial charge >= 0.3 is 0 Å². The number of rotatable bonds is 18. The second-order valence-corrected chi connectivity index (χ2v) is 29.6. The monoisotopic (exact) mass is 1210 g/mol. The van der Waals surface area contributed by atoms with Crippen LogP contribution in [0.15, 0.2) is 178 Å². The summed E-state index contributed by atoms with van der Waals surface area (Å²) >= 11 is 0. The second kappa shape index (κ2) is 25.3. The molecule has 19 nitrogen and oxygen atoms in total. The van der Waals surface area contributed by atoms with Crippen LogP contribution in [0.1, 0.15) is 19.5 Å². The number of aromatic amines is 1. The number of benzene rings is 8. The van der Waals surface area contributed by atoms with E-state index in [-0.39, 0.29) is 44.6 Å². The Balaban J connectivity index is 0.000000218. The van der Waals surface area contributed by atoms with Crippen molar-refractivity contribution in [1.82, 2.24) is 13.7 Å². The summed E-state index contributed by atoms with van der Waals surface area (Å²) in [6.45, 7) is 2.07. The number of anilines is 4. The van der Waals surface area contributed by atoms with Crippen LogP contribution < -0.4 is 42.5 Å². The molecule has 0 saturated carbocycles. The molecule has 1 heterocycles. The third kappa shape index (κ3) is 12.1. The van der Waals surface area contributed by atoms with Gasteiger partial charge in [-0.05, 0) is 62.4 Å². The molecular formula is C60H75N11O8S4. The van der Waals surface area contributed by atoms with E-state index in [1.54, 1.807) is 91.1 Å². The minimum atomic E-state index is -4.60. The average molecular weight is 1210 g/mol. The summed E-state index contributed by atoms with van der Waals surface area (Å²) in [4.78, 5) is 14.1. The maximum Gasteiger partial charge on any atom is 0.257 e. The molecule has 0 fully saturated rings. The number of nitrogens with zero attached hydrogens (tertiary/aromatic N) is 6. The largest absolute Gasteiger partial charge is 0.377 e. The first-order valence-corrected chi connectivity index (χ1v) is 32.4. The van der Waals surface area contributed by atoms with Gasteiger partial charge < -0.3 is 47.5 Å². The molecule has 9 N–H and O–H groups in total. The van der Waals surface area contributed by atoms with Crippen molar-refractivity contribution in [2.24, 2.45) is 22.9 Å². The number of hydrogen-bond acceptors (Lipinski definition) is 17.